The second-order valence-corrected chi connectivity index (χ2v) is 6.58. The van der Waals surface area contributed by atoms with Crippen LogP contribution in [-0.4, -0.2) is 19.3 Å². The first kappa shape index (κ1) is 16.5. The maximum absolute atomic E-state index is 6.40. The van der Waals surface area contributed by atoms with Gasteiger partial charge in [-0.3, -0.25) is 0 Å². The Bertz CT molecular complexity index is 414. The predicted molar refractivity (Wildman–Crippen MR) is 89.6 cm³/mol. The van der Waals surface area contributed by atoms with E-state index in [1.807, 2.05) is 7.05 Å². The summed E-state index contributed by atoms with van der Waals surface area (Å²) in [6.07, 6.45) is 7.12. The van der Waals surface area contributed by atoms with Gasteiger partial charge in [-0.2, -0.15) is 0 Å². The molecule has 1 aliphatic rings. The Morgan fingerprint density at radius 3 is 2.57 bits per heavy atom. The molecule has 2 rings (SSSR count). The van der Waals surface area contributed by atoms with Crippen molar-refractivity contribution in [2.75, 3.05) is 7.05 Å². The third-order valence-corrected chi connectivity index (χ3v) is 4.94. The molecule has 0 radical (unpaired) electrons. The van der Waals surface area contributed by atoms with E-state index in [2.05, 4.69) is 50.4 Å². The van der Waals surface area contributed by atoms with Crippen molar-refractivity contribution in [1.82, 2.24) is 5.32 Å². The zero-order chi connectivity index (χ0) is 15.2. The molecule has 0 spiro atoms. The predicted octanol–water partition coefficient (Wildman–Crippen LogP) is 4.63. The van der Waals surface area contributed by atoms with Gasteiger partial charge < -0.3 is 10.1 Å². The summed E-state index contributed by atoms with van der Waals surface area (Å²) < 4.78 is 6.40. The molecule has 0 aromatic heterocycles. The van der Waals surface area contributed by atoms with Gasteiger partial charge in [0.15, 0.2) is 0 Å². The number of likely N-dealkylation sites (N-methyl/N-ethyl adjacent to an activating group) is 1. The van der Waals surface area contributed by atoms with Crippen LogP contribution in [0.15, 0.2) is 24.3 Å². The van der Waals surface area contributed by atoms with Gasteiger partial charge in [0.05, 0.1) is 18.2 Å². The Balaban J connectivity index is 1.96. The highest BCUT2D eigenvalue weighted by Crippen LogP contribution is 2.31. The zero-order valence-electron chi connectivity index (χ0n) is 14.1. The Kier molecular flexibility index (Phi) is 6.25. The summed E-state index contributed by atoms with van der Waals surface area (Å²) in [5, 5.41) is 3.43. The minimum atomic E-state index is 0.207. The van der Waals surface area contributed by atoms with E-state index in [1.165, 1.54) is 43.2 Å². The minimum absolute atomic E-state index is 0.207. The van der Waals surface area contributed by atoms with Crippen LogP contribution >= 0.6 is 0 Å². The quantitative estimate of drug-likeness (QED) is 0.824. The molecule has 21 heavy (non-hydrogen) atoms. The van der Waals surface area contributed by atoms with Crippen molar-refractivity contribution in [1.29, 1.82) is 0 Å². The van der Waals surface area contributed by atoms with E-state index in [0.29, 0.717) is 6.10 Å². The van der Waals surface area contributed by atoms with Gasteiger partial charge in [0, 0.05) is 0 Å². The number of ether oxygens (including phenoxy) is 1. The fourth-order valence-corrected chi connectivity index (χ4v) is 3.56. The molecule has 2 heteroatoms. The van der Waals surface area contributed by atoms with Gasteiger partial charge in [0.1, 0.15) is 0 Å². The standard InChI is InChI=1S/C19H31NO/c1-5-16-7-6-8-18(13-16)21-15(3)19(20-4)17-11-9-14(2)10-12-17/h9-12,15-16,18-20H,5-8,13H2,1-4H3. The van der Waals surface area contributed by atoms with Gasteiger partial charge in [-0.15, -0.1) is 0 Å². The molecule has 1 N–H and O–H groups in total. The zero-order valence-corrected chi connectivity index (χ0v) is 14.1. The molecular formula is C19H31NO. The highest BCUT2D eigenvalue weighted by Gasteiger charge is 2.26. The van der Waals surface area contributed by atoms with Crippen LogP contribution in [0.5, 0.6) is 0 Å². The van der Waals surface area contributed by atoms with Gasteiger partial charge in [0.25, 0.3) is 0 Å². The van der Waals surface area contributed by atoms with E-state index in [0.717, 1.165) is 5.92 Å². The van der Waals surface area contributed by atoms with E-state index < -0.39 is 0 Å². The molecule has 2 nitrogen and oxygen atoms in total. The van der Waals surface area contributed by atoms with Crippen LogP contribution < -0.4 is 5.32 Å². The van der Waals surface area contributed by atoms with Crippen LogP contribution in [0.2, 0.25) is 0 Å². The van der Waals surface area contributed by atoms with Crippen molar-refractivity contribution in [3.8, 4) is 0 Å². The lowest BCUT2D eigenvalue weighted by molar-refractivity contribution is -0.0472. The summed E-state index contributed by atoms with van der Waals surface area (Å²) in [6.45, 7) is 6.64. The highest BCUT2D eigenvalue weighted by molar-refractivity contribution is 5.24. The Morgan fingerprint density at radius 1 is 1.24 bits per heavy atom. The molecule has 1 aromatic rings. The average Bonchev–Trinajstić information content (AvgIpc) is 2.50. The topological polar surface area (TPSA) is 21.3 Å². The molecule has 1 aromatic carbocycles. The Morgan fingerprint density at radius 2 is 1.95 bits per heavy atom. The first-order chi connectivity index (χ1) is 10.1. The van der Waals surface area contributed by atoms with Crippen molar-refractivity contribution in [2.24, 2.45) is 5.92 Å². The van der Waals surface area contributed by atoms with Gasteiger partial charge in [-0.1, -0.05) is 56.0 Å². The third-order valence-electron chi connectivity index (χ3n) is 4.94. The fraction of sp³-hybridized carbons (Fsp3) is 0.684. The lowest BCUT2D eigenvalue weighted by atomic mass is 9.85. The second kappa shape index (κ2) is 7.95. The lowest BCUT2D eigenvalue weighted by Gasteiger charge is -2.33. The average molecular weight is 289 g/mol. The molecule has 118 valence electrons. The maximum Gasteiger partial charge on any atom is 0.0745 e. The van der Waals surface area contributed by atoms with Crippen LogP contribution in [0.3, 0.4) is 0 Å². The lowest BCUT2D eigenvalue weighted by Crippen LogP contribution is -2.34. The van der Waals surface area contributed by atoms with Gasteiger partial charge in [-0.25, -0.2) is 0 Å². The molecule has 1 fully saturated rings. The minimum Gasteiger partial charge on any atom is -0.373 e. The maximum atomic E-state index is 6.40. The molecule has 0 saturated heterocycles. The second-order valence-electron chi connectivity index (χ2n) is 6.58. The Labute approximate surface area is 130 Å². The van der Waals surface area contributed by atoms with Gasteiger partial charge >= 0.3 is 0 Å². The molecular weight excluding hydrogens is 258 g/mol. The first-order valence-corrected chi connectivity index (χ1v) is 8.53. The number of benzene rings is 1. The smallest absolute Gasteiger partial charge is 0.0745 e. The van der Waals surface area contributed by atoms with Crippen LogP contribution in [0.1, 0.15) is 63.1 Å². The van der Waals surface area contributed by atoms with Crippen LogP contribution in [0, 0.1) is 12.8 Å². The number of aryl methyl sites for hydroxylation is 1. The first-order valence-electron chi connectivity index (χ1n) is 8.53. The van der Waals surface area contributed by atoms with Crippen LogP contribution in [0.4, 0.5) is 0 Å². The van der Waals surface area contributed by atoms with E-state index in [9.17, 15) is 0 Å². The molecule has 0 bridgehead atoms. The van der Waals surface area contributed by atoms with Gasteiger partial charge in [0.2, 0.25) is 0 Å². The summed E-state index contributed by atoms with van der Waals surface area (Å²) >= 11 is 0. The Hall–Kier alpha value is -0.860. The van der Waals surface area contributed by atoms with Crippen molar-refractivity contribution in [2.45, 2.75) is 71.1 Å². The SMILES string of the molecule is CCC1CCCC(OC(C)C(NC)c2ccc(C)cc2)C1. The molecule has 4 atom stereocenters. The molecule has 1 aliphatic carbocycles. The van der Waals surface area contributed by atoms with Crippen molar-refractivity contribution < 1.29 is 4.74 Å². The molecule has 1 saturated carbocycles. The van der Waals surface area contributed by atoms with Crippen molar-refractivity contribution >= 4 is 0 Å². The summed E-state index contributed by atoms with van der Waals surface area (Å²) in [5.41, 5.74) is 2.62. The van der Waals surface area contributed by atoms with E-state index >= 15 is 0 Å². The number of hydrogen-bond donors (Lipinski definition) is 1. The van der Waals surface area contributed by atoms with Gasteiger partial charge in [-0.05, 0) is 45.2 Å². The van der Waals surface area contributed by atoms with Crippen molar-refractivity contribution in [3.05, 3.63) is 35.4 Å². The van der Waals surface area contributed by atoms with E-state index in [-0.39, 0.29) is 12.1 Å². The summed E-state index contributed by atoms with van der Waals surface area (Å²) in [7, 11) is 2.03. The molecule has 0 heterocycles. The molecule has 0 amide bonds. The van der Waals surface area contributed by atoms with Crippen molar-refractivity contribution in [3.63, 3.8) is 0 Å². The largest absolute Gasteiger partial charge is 0.373 e. The number of hydrogen-bond acceptors (Lipinski definition) is 2. The third kappa shape index (κ3) is 4.55. The monoisotopic (exact) mass is 289 g/mol. The number of rotatable bonds is 6. The van der Waals surface area contributed by atoms with Crippen LogP contribution in [-0.2, 0) is 4.74 Å². The van der Waals surface area contributed by atoms with Crippen LogP contribution in [0.25, 0.3) is 0 Å². The fourth-order valence-electron chi connectivity index (χ4n) is 3.56. The number of nitrogens with one attached hydrogen (secondary N) is 1. The normalized spacial score (nSPS) is 25.5. The molecule has 4 unspecified atom stereocenters. The van der Waals surface area contributed by atoms with E-state index in [1.54, 1.807) is 0 Å². The molecule has 0 aliphatic heterocycles. The summed E-state index contributed by atoms with van der Waals surface area (Å²) in [5.74, 6) is 0.864. The van der Waals surface area contributed by atoms with E-state index in [4.69, 9.17) is 4.74 Å². The summed E-state index contributed by atoms with van der Waals surface area (Å²) in [6, 6.07) is 9.06. The summed E-state index contributed by atoms with van der Waals surface area (Å²) in [4.78, 5) is 0. The highest BCUT2D eigenvalue weighted by atomic mass is 16.5.